The number of nitrogens with zero attached hydrogens (tertiary/aromatic N) is 5. The number of fused-ring (bicyclic) bond motifs is 1. The third kappa shape index (κ3) is 3.77. The quantitative estimate of drug-likeness (QED) is 0.725. The number of rotatable bonds is 5. The van der Waals surface area contributed by atoms with E-state index in [4.69, 9.17) is 0 Å². The van der Waals surface area contributed by atoms with Gasteiger partial charge in [0.05, 0.1) is 11.9 Å². The van der Waals surface area contributed by atoms with E-state index in [9.17, 15) is 0 Å². The van der Waals surface area contributed by atoms with Crippen LogP contribution in [0.4, 0.5) is 5.82 Å². The van der Waals surface area contributed by atoms with Crippen molar-refractivity contribution in [2.45, 2.75) is 32.4 Å². The number of nitrogens with one attached hydrogen (secondary N) is 1. The van der Waals surface area contributed by atoms with Crippen LogP contribution in [0.15, 0.2) is 48.7 Å². The monoisotopic (exact) mass is 388 g/mol. The minimum Gasteiger partial charge on any atom is -0.366 e. The number of benzene rings is 1. The minimum atomic E-state index is 0.502. The van der Waals surface area contributed by atoms with Gasteiger partial charge in [-0.25, -0.2) is 0 Å². The van der Waals surface area contributed by atoms with E-state index in [1.54, 1.807) is 0 Å². The lowest BCUT2D eigenvalue weighted by Gasteiger charge is -2.20. The molecule has 2 aliphatic rings. The van der Waals surface area contributed by atoms with Crippen LogP contribution in [0.5, 0.6) is 0 Å². The summed E-state index contributed by atoms with van der Waals surface area (Å²) in [4.78, 5) is 2.62. The Labute approximate surface area is 172 Å². The van der Waals surface area contributed by atoms with Gasteiger partial charge in [-0.15, -0.1) is 10.2 Å². The van der Waals surface area contributed by atoms with Crippen molar-refractivity contribution in [2.24, 2.45) is 18.9 Å². The third-order valence-electron chi connectivity index (χ3n) is 6.46. The van der Waals surface area contributed by atoms with Crippen LogP contribution < -0.4 is 5.32 Å². The molecule has 6 nitrogen and oxygen atoms in total. The van der Waals surface area contributed by atoms with Crippen LogP contribution in [0.2, 0.25) is 0 Å². The Balaban J connectivity index is 1.17. The molecule has 1 aliphatic carbocycles. The van der Waals surface area contributed by atoms with Crippen LogP contribution in [0.1, 0.15) is 24.0 Å². The van der Waals surface area contributed by atoms with Crippen molar-refractivity contribution < 1.29 is 0 Å². The first kappa shape index (κ1) is 18.3. The van der Waals surface area contributed by atoms with Crippen molar-refractivity contribution in [1.29, 1.82) is 0 Å². The fourth-order valence-corrected chi connectivity index (χ4v) is 5.15. The molecule has 2 aromatic heterocycles. The van der Waals surface area contributed by atoms with E-state index in [1.807, 2.05) is 30.1 Å². The highest BCUT2D eigenvalue weighted by molar-refractivity contribution is 5.59. The molecule has 1 saturated carbocycles. The maximum atomic E-state index is 4.43. The molecule has 3 atom stereocenters. The molecule has 1 aliphatic heterocycles. The highest BCUT2D eigenvalue weighted by atomic mass is 15.3. The van der Waals surface area contributed by atoms with Crippen molar-refractivity contribution >= 4 is 5.82 Å². The summed E-state index contributed by atoms with van der Waals surface area (Å²) in [6.45, 7) is 5.55. The molecule has 1 unspecified atom stereocenters. The Morgan fingerprint density at radius 1 is 1.00 bits per heavy atom. The van der Waals surface area contributed by atoms with E-state index >= 15 is 0 Å². The van der Waals surface area contributed by atoms with E-state index < -0.39 is 0 Å². The zero-order chi connectivity index (χ0) is 19.8. The van der Waals surface area contributed by atoms with Gasteiger partial charge in [0.25, 0.3) is 0 Å². The molecular formula is C23H28N6. The van der Waals surface area contributed by atoms with Gasteiger partial charge in [0, 0.05) is 32.7 Å². The summed E-state index contributed by atoms with van der Waals surface area (Å²) in [6.07, 6.45) is 4.31. The van der Waals surface area contributed by atoms with Gasteiger partial charge in [0.15, 0.2) is 0 Å². The molecule has 3 aromatic rings. The highest BCUT2D eigenvalue weighted by Crippen LogP contribution is 2.39. The van der Waals surface area contributed by atoms with Crippen molar-refractivity contribution in [3.8, 4) is 11.4 Å². The topological polar surface area (TPSA) is 58.9 Å². The van der Waals surface area contributed by atoms with Crippen LogP contribution in [0.25, 0.3) is 11.4 Å². The van der Waals surface area contributed by atoms with Gasteiger partial charge >= 0.3 is 0 Å². The van der Waals surface area contributed by atoms with E-state index in [2.05, 4.69) is 62.8 Å². The molecule has 1 saturated heterocycles. The van der Waals surface area contributed by atoms with Gasteiger partial charge in [-0.2, -0.15) is 5.10 Å². The average Bonchev–Trinajstić information content (AvgIpc) is 3.36. The van der Waals surface area contributed by atoms with E-state index in [-0.39, 0.29) is 0 Å². The summed E-state index contributed by atoms with van der Waals surface area (Å²) in [7, 11) is 1.94. The fourth-order valence-electron chi connectivity index (χ4n) is 5.15. The smallest absolute Gasteiger partial charge is 0.148 e. The minimum absolute atomic E-state index is 0.502. The molecule has 5 rings (SSSR count). The molecular weight excluding hydrogens is 360 g/mol. The van der Waals surface area contributed by atoms with Crippen molar-refractivity contribution in [3.63, 3.8) is 0 Å². The summed E-state index contributed by atoms with van der Waals surface area (Å²) in [6, 6.07) is 15.4. The van der Waals surface area contributed by atoms with Gasteiger partial charge in [0.2, 0.25) is 0 Å². The number of aromatic nitrogens is 4. The maximum Gasteiger partial charge on any atom is 0.148 e. The zero-order valence-electron chi connectivity index (χ0n) is 17.1. The molecule has 1 aromatic carbocycles. The van der Waals surface area contributed by atoms with Crippen LogP contribution in [-0.4, -0.2) is 44.0 Å². The number of anilines is 1. The second-order valence-electron chi connectivity index (χ2n) is 8.62. The Hall–Kier alpha value is -2.73. The number of likely N-dealkylation sites (tertiary alicyclic amines) is 1. The predicted octanol–water partition coefficient (Wildman–Crippen LogP) is 3.51. The van der Waals surface area contributed by atoms with E-state index in [0.29, 0.717) is 6.04 Å². The Morgan fingerprint density at radius 2 is 1.76 bits per heavy atom. The van der Waals surface area contributed by atoms with Crippen molar-refractivity contribution in [2.75, 3.05) is 18.4 Å². The van der Waals surface area contributed by atoms with Crippen molar-refractivity contribution in [1.82, 2.24) is 24.9 Å². The second-order valence-corrected chi connectivity index (χ2v) is 8.62. The second kappa shape index (κ2) is 7.59. The standard InChI is InChI=1S/C23H28N6/c1-16-12-24-28(2)23(16)21-8-9-22(27-26-21)25-20-10-18-14-29(15-19(18)11-20)13-17-6-4-3-5-7-17/h3-9,12,18-20H,10-11,13-15H2,1-2H3,(H,25,27)/t18-,19+,20?. The summed E-state index contributed by atoms with van der Waals surface area (Å²) in [5, 5.41) is 16.8. The van der Waals surface area contributed by atoms with Gasteiger partial charge in [-0.3, -0.25) is 9.58 Å². The van der Waals surface area contributed by atoms with Crippen molar-refractivity contribution in [3.05, 3.63) is 59.8 Å². The molecule has 3 heterocycles. The first-order valence-corrected chi connectivity index (χ1v) is 10.5. The normalized spacial score (nSPS) is 24.0. The van der Waals surface area contributed by atoms with Gasteiger partial charge in [-0.1, -0.05) is 30.3 Å². The molecule has 0 amide bonds. The van der Waals surface area contributed by atoms with Crippen LogP contribution >= 0.6 is 0 Å². The Morgan fingerprint density at radius 3 is 2.38 bits per heavy atom. The molecule has 1 N–H and O–H groups in total. The van der Waals surface area contributed by atoms with Gasteiger partial charge in [0.1, 0.15) is 11.5 Å². The van der Waals surface area contributed by atoms with Crippen LogP contribution in [0, 0.1) is 18.8 Å². The Kier molecular flexibility index (Phi) is 4.79. The predicted molar refractivity (Wildman–Crippen MR) is 114 cm³/mol. The molecule has 29 heavy (non-hydrogen) atoms. The summed E-state index contributed by atoms with van der Waals surface area (Å²) < 4.78 is 1.85. The molecule has 0 bridgehead atoms. The lowest BCUT2D eigenvalue weighted by molar-refractivity contribution is 0.301. The lowest BCUT2D eigenvalue weighted by Crippen LogP contribution is -2.25. The summed E-state index contributed by atoms with van der Waals surface area (Å²) in [5.74, 6) is 2.46. The van der Waals surface area contributed by atoms with E-state index in [1.165, 1.54) is 31.5 Å². The Bertz CT molecular complexity index is 931. The number of aryl methyl sites for hydroxylation is 2. The number of hydrogen-bond donors (Lipinski definition) is 1. The maximum absolute atomic E-state index is 4.43. The first-order chi connectivity index (χ1) is 14.2. The molecule has 150 valence electrons. The fraction of sp³-hybridized carbons (Fsp3) is 0.435. The third-order valence-corrected chi connectivity index (χ3v) is 6.46. The van der Waals surface area contributed by atoms with Gasteiger partial charge in [-0.05, 0) is 54.9 Å². The van der Waals surface area contributed by atoms with Gasteiger partial charge < -0.3 is 5.32 Å². The van der Waals surface area contributed by atoms with Crippen LogP contribution in [0.3, 0.4) is 0 Å². The summed E-state index contributed by atoms with van der Waals surface area (Å²) >= 11 is 0. The SMILES string of the molecule is Cc1cnn(C)c1-c1ccc(NC2C[C@@H]3CN(Cc4ccccc4)C[C@@H]3C2)nn1. The first-order valence-electron chi connectivity index (χ1n) is 10.5. The van der Waals surface area contributed by atoms with E-state index in [0.717, 1.165) is 41.1 Å². The molecule has 0 radical (unpaired) electrons. The number of hydrogen-bond acceptors (Lipinski definition) is 5. The lowest BCUT2D eigenvalue weighted by atomic mass is 10.0. The van der Waals surface area contributed by atoms with Crippen LogP contribution in [-0.2, 0) is 13.6 Å². The zero-order valence-corrected chi connectivity index (χ0v) is 17.1. The highest BCUT2D eigenvalue weighted by Gasteiger charge is 2.40. The average molecular weight is 389 g/mol. The molecule has 6 heteroatoms. The molecule has 2 fully saturated rings. The largest absolute Gasteiger partial charge is 0.366 e. The summed E-state index contributed by atoms with van der Waals surface area (Å²) in [5.41, 5.74) is 4.43. The molecule has 0 spiro atoms.